The lowest BCUT2D eigenvalue weighted by Gasteiger charge is -2.62. The Kier molecular flexibility index (Phi) is 4.72. The van der Waals surface area contributed by atoms with Gasteiger partial charge in [0.25, 0.3) is 5.56 Å². The van der Waals surface area contributed by atoms with Gasteiger partial charge in [0.15, 0.2) is 23.2 Å². The Labute approximate surface area is 197 Å². The number of hydrogen-bond acceptors (Lipinski definition) is 9. The first-order valence-corrected chi connectivity index (χ1v) is 11.8. The highest BCUT2D eigenvalue weighted by molar-refractivity contribution is 8.14. The van der Waals surface area contributed by atoms with E-state index in [9.17, 15) is 14.7 Å². The topological polar surface area (TPSA) is 135 Å². The smallest absolute Gasteiger partial charge is 0.280 e. The number of aromatic amines is 1. The van der Waals surface area contributed by atoms with E-state index < -0.39 is 29.3 Å². The summed E-state index contributed by atoms with van der Waals surface area (Å²) in [5.41, 5.74) is -0.0574. The highest BCUT2D eigenvalue weighted by Crippen LogP contribution is 2.69. The number of nitrogens with one attached hydrogen (secondary N) is 1. The third-order valence-electron chi connectivity index (χ3n) is 6.47. The van der Waals surface area contributed by atoms with E-state index in [1.54, 1.807) is 21.6 Å². The van der Waals surface area contributed by atoms with Crippen LogP contribution >= 0.6 is 11.8 Å². The monoisotopic (exact) mass is 482 g/mol. The van der Waals surface area contributed by atoms with E-state index >= 15 is 0 Å². The lowest BCUT2D eigenvalue weighted by atomic mass is 9.60. The zero-order valence-electron chi connectivity index (χ0n) is 18.4. The van der Waals surface area contributed by atoms with Gasteiger partial charge in [-0.25, -0.2) is 9.98 Å². The van der Waals surface area contributed by atoms with Gasteiger partial charge in [0.2, 0.25) is 11.1 Å². The number of carbonyl (C=O) groups excluding carboxylic acids is 1. The first-order valence-electron chi connectivity index (χ1n) is 10.8. The number of ether oxygens (including phenoxy) is 2. The molecule has 0 amide bonds. The number of thioether (sulfide) groups is 1. The average molecular weight is 483 g/mol. The standard InChI is InChI=1S/C22H22N6O5S/c1-27(2)10-24-20-25-16-13(17(29)26-20)23-11-28(16)18-14-15-21(33-18,8-22(15,31)32-14)9-34-19(30)12-6-4-3-5-7-12/h3-7,10-11,14-15,18,31H,8-9H2,1-2H3,(H,25,26,29)/t14?,15?,18-,21-,22?/m1/s1. The Morgan fingerprint density at radius 1 is 1.38 bits per heavy atom. The molecule has 2 N–H and O–H groups in total. The number of H-pyrrole nitrogens is 1. The fourth-order valence-corrected chi connectivity index (χ4v) is 6.07. The van der Waals surface area contributed by atoms with Crippen molar-refractivity contribution in [3.05, 3.63) is 52.6 Å². The van der Waals surface area contributed by atoms with Crippen LogP contribution < -0.4 is 5.56 Å². The molecule has 12 heteroatoms. The van der Waals surface area contributed by atoms with Crippen LogP contribution in [0, 0.1) is 5.92 Å². The van der Waals surface area contributed by atoms with E-state index in [0.29, 0.717) is 17.0 Å². The Morgan fingerprint density at radius 2 is 2.18 bits per heavy atom. The summed E-state index contributed by atoms with van der Waals surface area (Å²) in [7, 11) is 3.61. The minimum atomic E-state index is -1.25. The molecule has 1 aliphatic carbocycles. The number of fused-ring (bicyclic) bond motifs is 1. The van der Waals surface area contributed by atoms with Gasteiger partial charge in [0.1, 0.15) is 6.10 Å². The van der Waals surface area contributed by atoms with Gasteiger partial charge >= 0.3 is 0 Å². The lowest BCUT2D eigenvalue weighted by Crippen LogP contribution is -2.77. The number of nitrogens with zero attached hydrogens (tertiary/aromatic N) is 5. The third-order valence-corrected chi connectivity index (χ3v) is 7.60. The minimum absolute atomic E-state index is 0.0565. The number of benzene rings is 1. The van der Waals surface area contributed by atoms with Crippen molar-refractivity contribution in [1.29, 1.82) is 0 Å². The fourth-order valence-electron chi connectivity index (χ4n) is 5.04. The van der Waals surface area contributed by atoms with Crippen molar-refractivity contribution in [2.24, 2.45) is 10.9 Å². The van der Waals surface area contributed by atoms with Gasteiger partial charge in [0.05, 0.1) is 24.2 Å². The van der Waals surface area contributed by atoms with Gasteiger partial charge in [-0.05, 0) is 0 Å². The fraction of sp³-hybridized carbons (Fsp3) is 0.409. The molecule has 0 bridgehead atoms. The summed E-state index contributed by atoms with van der Waals surface area (Å²) in [5, 5.41) is 10.7. The van der Waals surface area contributed by atoms with Crippen molar-refractivity contribution >= 4 is 40.3 Å². The summed E-state index contributed by atoms with van der Waals surface area (Å²) >= 11 is 1.17. The zero-order valence-corrected chi connectivity index (χ0v) is 19.2. The molecule has 11 nitrogen and oxygen atoms in total. The molecule has 3 fully saturated rings. The van der Waals surface area contributed by atoms with E-state index in [-0.39, 0.29) is 28.9 Å². The predicted molar refractivity (Wildman–Crippen MR) is 124 cm³/mol. The molecule has 3 aromatic rings. The SMILES string of the molecule is CN(C)C=Nc1nc2c(ncn2[C@@H]2O[C@@]3(CSC(=O)c4ccccc4)CC4(O)OC2C43)c(=O)[nH]1. The van der Waals surface area contributed by atoms with Crippen LogP contribution in [-0.2, 0) is 9.47 Å². The van der Waals surface area contributed by atoms with Gasteiger partial charge in [-0.1, -0.05) is 42.1 Å². The first-order chi connectivity index (χ1) is 16.3. The molecule has 2 saturated heterocycles. The quantitative estimate of drug-likeness (QED) is 0.393. The van der Waals surface area contributed by atoms with Crippen LogP contribution in [0.3, 0.4) is 0 Å². The highest BCUT2D eigenvalue weighted by Gasteiger charge is 2.81. The van der Waals surface area contributed by atoms with Crippen LogP contribution in [0.2, 0.25) is 0 Å². The normalized spacial score (nSPS) is 31.3. The number of aromatic nitrogens is 4. The van der Waals surface area contributed by atoms with Crippen molar-refractivity contribution in [3.63, 3.8) is 0 Å². The number of aliphatic hydroxyl groups is 1. The van der Waals surface area contributed by atoms with Gasteiger partial charge in [-0.3, -0.25) is 19.1 Å². The molecule has 0 radical (unpaired) electrons. The largest absolute Gasteiger partial charge is 0.369 e. The molecule has 3 unspecified atom stereocenters. The van der Waals surface area contributed by atoms with Crippen molar-refractivity contribution in [1.82, 2.24) is 24.4 Å². The van der Waals surface area contributed by atoms with Crippen molar-refractivity contribution in [2.45, 2.75) is 30.1 Å². The maximum Gasteiger partial charge on any atom is 0.280 e. The number of rotatable bonds is 6. The van der Waals surface area contributed by atoms with Crippen LogP contribution in [0.1, 0.15) is 23.0 Å². The molecular weight excluding hydrogens is 460 g/mol. The number of imidazole rings is 1. The molecule has 0 spiro atoms. The molecule has 5 atom stereocenters. The van der Waals surface area contributed by atoms with E-state index in [2.05, 4.69) is 19.9 Å². The molecule has 176 valence electrons. The molecule has 4 heterocycles. The Hall–Kier alpha value is -3.06. The van der Waals surface area contributed by atoms with Gasteiger partial charge < -0.3 is 19.5 Å². The zero-order chi connectivity index (χ0) is 23.7. The molecule has 2 aliphatic heterocycles. The van der Waals surface area contributed by atoms with E-state index in [4.69, 9.17) is 9.47 Å². The maximum absolute atomic E-state index is 12.6. The van der Waals surface area contributed by atoms with E-state index in [0.717, 1.165) is 0 Å². The summed E-state index contributed by atoms with van der Waals surface area (Å²) in [4.78, 5) is 42.3. The van der Waals surface area contributed by atoms with Crippen molar-refractivity contribution in [3.8, 4) is 0 Å². The van der Waals surface area contributed by atoms with Crippen LogP contribution in [0.25, 0.3) is 11.2 Å². The third kappa shape index (κ3) is 3.13. The van der Waals surface area contributed by atoms with Crippen molar-refractivity contribution in [2.75, 3.05) is 19.8 Å². The number of hydrogen-bond donors (Lipinski definition) is 2. The number of carbonyl (C=O) groups is 1. The van der Waals surface area contributed by atoms with Crippen LogP contribution in [0.4, 0.5) is 5.95 Å². The predicted octanol–water partition coefficient (Wildman–Crippen LogP) is 1.29. The molecule has 6 rings (SSSR count). The van der Waals surface area contributed by atoms with Gasteiger partial charge in [0, 0.05) is 31.8 Å². The maximum atomic E-state index is 12.6. The van der Waals surface area contributed by atoms with E-state index in [1.807, 2.05) is 32.3 Å². The summed E-state index contributed by atoms with van der Waals surface area (Å²) in [6, 6.07) is 9.05. The second-order valence-corrected chi connectivity index (χ2v) is 9.97. The number of aliphatic imine (C=N–C) groups is 1. The first kappa shape index (κ1) is 21.5. The second kappa shape index (κ2) is 7.47. The van der Waals surface area contributed by atoms with Crippen molar-refractivity contribution < 1.29 is 19.4 Å². The van der Waals surface area contributed by atoms with Crippen LogP contribution in [-0.4, -0.2) is 78.3 Å². The molecule has 3 aliphatic rings. The Morgan fingerprint density at radius 3 is 2.91 bits per heavy atom. The van der Waals surface area contributed by atoms with Crippen LogP contribution in [0.5, 0.6) is 0 Å². The second-order valence-electron chi connectivity index (χ2n) is 9.02. The summed E-state index contributed by atoms with van der Waals surface area (Å²) in [6.07, 6.45) is 2.19. The van der Waals surface area contributed by atoms with Gasteiger partial charge in [-0.2, -0.15) is 4.98 Å². The average Bonchev–Trinajstić information content (AvgIpc) is 3.27. The Bertz CT molecular complexity index is 1370. The van der Waals surface area contributed by atoms with Crippen LogP contribution in [0.15, 0.2) is 46.4 Å². The molecule has 1 aromatic carbocycles. The summed E-state index contributed by atoms with van der Waals surface area (Å²) in [5.74, 6) is -1.02. The summed E-state index contributed by atoms with van der Waals surface area (Å²) in [6.45, 7) is 0. The molecule has 34 heavy (non-hydrogen) atoms. The molecular formula is C22H22N6O5S. The lowest BCUT2D eigenvalue weighted by molar-refractivity contribution is -0.427. The van der Waals surface area contributed by atoms with E-state index in [1.165, 1.54) is 24.4 Å². The minimum Gasteiger partial charge on any atom is -0.369 e. The molecule has 1 saturated carbocycles. The van der Waals surface area contributed by atoms with Gasteiger partial charge in [-0.15, -0.1) is 0 Å². The highest BCUT2D eigenvalue weighted by atomic mass is 32.2. The Balaban J connectivity index is 1.29. The molecule has 2 aromatic heterocycles. The summed E-state index contributed by atoms with van der Waals surface area (Å²) < 4.78 is 13.9.